The van der Waals surface area contributed by atoms with Crippen molar-refractivity contribution in [2.45, 2.75) is 139 Å². The van der Waals surface area contributed by atoms with E-state index in [-0.39, 0.29) is 66.1 Å². The van der Waals surface area contributed by atoms with Gasteiger partial charge in [0, 0.05) is 31.2 Å². The van der Waals surface area contributed by atoms with Crippen LogP contribution >= 0.6 is 0 Å². The lowest BCUT2D eigenvalue weighted by Crippen LogP contribution is -2.59. The van der Waals surface area contributed by atoms with E-state index in [1.165, 1.54) is 0 Å². The lowest BCUT2D eigenvalue weighted by Gasteiger charge is -2.50. The van der Waals surface area contributed by atoms with E-state index in [0.717, 1.165) is 22.4 Å². The van der Waals surface area contributed by atoms with Crippen LogP contribution in [0.1, 0.15) is 69.4 Å². The molecule has 0 bridgehead atoms. The fourth-order valence-electron chi connectivity index (χ4n) is 7.66. The zero-order valence-electron chi connectivity index (χ0n) is 33.1. The number of Topliss-reactive ketones (excluding diaryl/α,β-unsaturated/α-hetero) is 1. The summed E-state index contributed by atoms with van der Waals surface area (Å²) in [6.45, 7) is 12.8. The van der Waals surface area contributed by atoms with E-state index in [9.17, 15) is 4.79 Å². The number of hydrogen-bond acceptors (Lipinski definition) is 10. The number of ketones is 1. The molecular weight excluding hydrogens is 717 g/mol. The number of fused-ring (bicyclic) bond motifs is 2. The monoisotopic (exact) mass is 774 g/mol. The van der Waals surface area contributed by atoms with Crippen LogP contribution < -0.4 is 4.74 Å². The Bertz CT molecular complexity index is 1670. The second kappa shape index (κ2) is 17.7. The van der Waals surface area contributed by atoms with Crippen LogP contribution in [0.15, 0.2) is 84.9 Å². The molecule has 0 aromatic heterocycles. The van der Waals surface area contributed by atoms with Crippen molar-refractivity contribution in [1.82, 2.24) is 0 Å². The van der Waals surface area contributed by atoms with E-state index >= 15 is 0 Å². The highest BCUT2D eigenvalue weighted by molar-refractivity contribution is 6.74. The van der Waals surface area contributed by atoms with Crippen LogP contribution in [0.5, 0.6) is 5.75 Å². The van der Waals surface area contributed by atoms with Gasteiger partial charge >= 0.3 is 0 Å². The number of hydrogen-bond donors (Lipinski definition) is 0. The van der Waals surface area contributed by atoms with Gasteiger partial charge in [0.05, 0.1) is 70.2 Å². The molecule has 10 atom stereocenters. The summed E-state index contributed by atoms with van der Waals surface area (Å²) in [5.74, 6) is 0.791. The molecule has 7 rings (SSSR count). The average molecular weight is 775 g/mol. The van der Waals surface area contributed by atoms with E-state index in [2.05, 4.69) is 46.0 Å². The summed E-state index contributed by atoms with van der Waals surface area (Å²) in [6.07, 6.45) is -1.78. The van der Waals surface area contributed by atoms with Gasteiger partial charge in [-0.15, -0.1) is 0 Å². The van der Waals surface area contributed by atoms with Crippen molar-refractivity contribution in [3.63, 3.8) is 0 Å². The van der Waals surface area contributed by atoms with Crippen LogP contribution in [0.4, 0.5) is 0 Å². The molecule has 0 spiro atoms. The normalized spacial score (nSPS) is 31.3. The maximum absolute atomic E-state index is 13.9. The lowest BCUT2D eigenvalue weighted by atomic mass is 9.87. The van der Waals surface area contributed by atoms with Gasteiger partial charge in [0.15, 0.2) is 20.4 Å². The Hall–Kier alpha value is -2.97. The second-order valence-electron chi connectivity index (χ2n) is 16.8. The van der Waals surface area contributed by atoms with Crippen molar-refractivity contribution in [1.29, 1.82) is 0 Å². The first-order valence-corrected chi connectivity index (χ1v) is 22.7. The zero-order chi connectivity index (χ0) is 38.6. The molecule has 4 aliphatic rings. The third kappa shape index (κ3) is 9.95. The fourth-order valence-corrected chi connectivity index (χ4v) is 9.02. The number of benzene rings is 3. The van der Waals surface area contributed by atoms with Crippen molar-refractivity contribution in [3.8, 4) is 5.75 Å². The number of methoxy groups -OCH3 is 1. The minimum absolute atomic E-state index is 0.0152. The zero-order valence-corrected chi connectivity index (χ0v) is 34.1. The molecule has 0 radical (unpaired) electrons. The third-order valence-electron chi connectivity index (χ3n) is 11.9. The summed E-state index contributed by atoms with van der Waals surface area (Å²) in [4.78, 5) is 13.9. The molecule has 4 aliphatic heterocycles. The Morgan fingerprint density at radius 2 is 1.36 bits per heavy atom. The van der Waals surface area contributed by atoms with Gasteiger partial charge in [0.1, 0.15) is 24.1 Å². The summed E-state index contributed by atoms with van der Waals surface area (Å²) in [5, 5.41) is -0.0174. The van der Waals surface area contributed by atoms with Crippen LogP contribution in [0, 0.1) is 0 Å². The molecule has 0 unspecified atom stereocenters. The molecule has 55 heavy (non-hydrogen) atoms. The molecule has 11 heteroatoms. The van der Waals surface area contributed by atoms with Gasteiger partial charge in [-0.3, -0.25) is 4.79 Å². The van der Waals surface area contributed by atoms with Crippen molar-refractivity contribution in [2.24, 2.45) is 0 Å². The lowest BCUT2D eigenvalue weighted by molar-refractivity contribution is -0.303. The first kappa shape index (κ1) is 40.2. The van der Waals surface area contributed by atoms with Gasteiger partial charge in [-0.2, -0.15) is 0 Å². The Kier molecular flexibility index (Phi) is 12.9. The van der Waals surface area contributed by atoms with Crippen LogP contribution in [-0.4, -0.2) is 89.4 Å². The predicted octanol–water partition coefficient (Wildman–Crippen LogP) is 7.73. The Morgan fingerprint density at radius 3 is 2.04 bits per heavy atom. The molecule has 3 aromatic carbocycles. The van der Waals surface area contributed by atoms with Crippen LogP contribution in [0.3, 0.4) is 0 Å². The number of rotatable bonds is 13. The Balaban J connectivity index is 1.03. The van der Waals surface area contributed by atoms with Crippen LogP contribution in [0.2, 0.25) is 18.1 Å². The number of carbonyl (C=O) groups excluding carboxylic acids is 1. The molecule has 0 N–H and O–H groups in total. The van der Waals surface area contributed by atoms with E-state index < -0.39 is 20.7 Å². The predicted molar refractivity (Wildman–Crippen MR) is 209 cm³/mol. The van der Waals surface area contributed by atoms with Crippen molar-refractivity contribution < 1.29 is 47.1 Å². The molecule has 298 valence electrons. The number of carbonyl (C=O) groups is 1. The summed E-state index contributed by atoms with van der Waals surface area (Å²) in [6, 6.07) is 27.9. The molecule has 0 amide bonds. The van der Waals surface area contributed by atoms with E-state index in [1.54, 1.807) is 7.11 Å². The van der Waals surface area contributed by atoms with E-state index in [0.29, 0.717) is 45.7 Å². The van der Waals surface area contributed by atoms with Crippen LogP contribution in [0.25, 0.3) is 0 Å². The summed E-state index contributed by atoms with van der Waals surface area (Å²) < 4.78 is 57.9. The quantitative estimate of drug-likeness (QED) is 0.161. The molecule has 3 aromatic rings. The SMILES string of the molecule is COc1ccc([C@@H]2OC[C@H]3O[C@@H](C[C@H]4O[C@H]5C[C@@H](OCc6ccccc6)[C@H](COCc6ccccc6)O[C@@H]5CC4=O)[C@H](O[Si](C)(C)C(C)(C)C)C[C@@H]3O2)cc1. The highest BCUT2D eigenvalue weighted by Gasteiger charge is 2.51. The maximum Gasteiger partial charge on any atom is 0.192 e. The highest BCUT2D eigenvalue weighted by Crippen LogP contribution is 2.43. The molecule has 4 fully saturated rings. The molecule has 0 saturated carbocycles. The van der Waals surface area contributed by atoms with Gasteiger partial charge in [0.25, 0.3) is 0 Å². The first-order chi connectivity index (χ1) is 26.5. The van der Waals surface area contributed by atoms with Crippen molar-refractivity contribution >= 4 is 14.1 Å². The minimum Gasteiger partial charge on any atom is -0.497 e. The smallest absolute Gasteiger partial charge is 0.192 e. The topological polar surface area (TPSA) is 100 Å². The molecule has 4 saturated heterocycles. The summed E-state index contributed by atoms with van der Waals surface area (Å²) in [5.41, 5.74) is 3.09. The Labute approximate surface area is 327 Å². The summed E-state index contributed by atoms with van der Waals surface area (Å²) in [7, 11) is -0.585. The Morgan fingerprint density at radius 1 is 0.727 bits per heavy atom. The van der Waals surface area contributed by atoms with Gasteiger partial charge in [0.2, 0.25) is 0 Å². The molecule has 0 aliphatic carbocycles. The third-order valence-corrected chi connectivity index (χ3v) is 16.4. The van der Waals surface area contributed by atoms with Gasteiger partial charge in [-0.05, 0) is 41.4 Å². The fraction of sp³-hybridized carbons (Fsp3) is 0.568. The molecule has 4 heterocycles. The second-order valence-corrected chi connectivity index (χ2v) is 21.6. The van der Waals surface area contributed by atoms with Crippen molar-refractivity contribution in [2.75, 3.05) is 20.3 Å². The standard InChI is InChI=1S/C44H58O10Si/c1-44(2,3)55(5,6)54-40-24-39-42(28-49-43(53-39)31-17-19-32(46-4)20-18-31)52-38(40)22-34-33(45)21-36-37(50-34)23-35(48-26-30-15-11-8-12-16-30)41(51-36)27-47-25-29-13-9-7-10-14-29/h7-20,34-43H,21-28H2,1-6H3/t34-,35-,36-,37+,38+,39+,40-,41+,42-,43-/m1/s1. The average Bonchev–Trinajstić information content (AvgIpc) is 3.18. The maximum atomic E-state index is 13.9. The minimum atomic E-state index is -2.23. The molecule has 10 nitrogen and oxygen atoms in total. The largest absolute Gasteiger partial charge is 0.497 e. The van der Waals surface area contributed by atoms with E-state index in [1.807, 2.05) is 72.8 Å². The highest BCUT2D eigenvalue weighted by atomic mass is 28.4. The number of ether oxygens (including phenoxy) is 8. The van der Waals surface area contributed by atoms with E-state index in [4.69, 9.17) is 42.3 Å². The van der Waals surface area contributed by atoms with Crippen molar-refractivity contribution in [3.05, 3.63) is 102 Å². The van der Waals surface area contributed by atoms with Gasteiger partial charge in [-0.25, -0.2) is 0 Å². The molecular formula is C44H58O10Si. The van der Waals surface area contributed by atoms with Gasteiger partial charge < -0.3 is 42.3 Å². The van der Waals surface area contributed by atoms with Gasteiger partial charge in [-0.1, -0.05) is 93.6 Å². The summed E-state index contributed by atoms with van der Waals surface area (Å²) >= 11 is 0. The van der Waals surface area contributed by atoms with Crippen LogP contribution in [-0.2, 0) is 55.6 Å². The first-order valence-electron chi connectivity index (χ1n) is 19.8.